The lowest BCUT2D eigenvalue weighted by Crippen LogP contribution is -1.98. The third-order valence-electron chi connectivity index (χ3n) is 6.82. The van der Waals surface area contributed by atoms with Crippen molar-refractivity contribution in [1.82, 2.24) is 9.55 Å². The van der Waals surface area contributed by atoms with Crippen LogP contribution in [-0.4, -0.2) is 9.55 Å². The van der Waals surface area contributed by atoms with Gasteiger partial charge in [-0.2, -0.15) is 0 Å². The standard InChI is InChI=1S/C33H22N2/c1-2-13-24(14-3-1)35-32-20-9-8-19-31(32)34-33(35)30-22-21-29(27-16-6-7-17-28(27)30)26-18-10-12-23-11-4-5-15-25(23)26/h1-22H. The van der Waals surface area contributed by atoms with Crippen molar-refractivity contribution in [3.05, 3.63) is 133 Å². The summed E-state index contributed by atoms with van der Waals surface area (Å²) in [5.41, 5.74) is 6.83. The van der Waals surface area contributed by atoms with E-state index in [1.807, 2.05) is 0 Å². The Balaban J connectivity index is 1.54. The van der Waals surface area contributed by atoms with Crippen LogP contribution in [0.3, 0.4) is 0 Å². The first-order valence-corrected chi connectivity index (χ1v) is 11.9. The van der Waals surface area contributed by atoms with Crippen LogP contribution in [0.15, 0.2) is 133 Å². The number of fused-ring (bicyclic) bond motifs is 3. The van der Waals surface area contributed by atoms with Gasteiger partial charge in [0.05, 0.1) is 11.0 Å². The van der Waals surface area contributed by atoms with Crippen LogP contribution in [0.1, 0.15) is 0 Å². The summed E-state index contributed by atoms with van der Waals surface area (Å²) in [6.45, 7) is 0. The number of imidazole rings is 1. The van der Waals surface area contributed by atoms with Crippen LogP contribution >= 0.6 is 0 Å². The first-order valence-electron chi connectivity index (χ1n) is 11.9. The zero-order valence-electron chi connectivity index (χ0n) is 19.1. The molecule has 0 radical (unpaired) electrons. The smallest absolute Gasteiger partial charge is 0.146 e. The fraction of sp³-hybridized carbons (Fsp3) is 0. The van der Waals surface area contributed by atoms with E-state index in [0.717, 1.165) is 28.1 Å². The molecule has 0 bridgehead atoms. The molecule has 164 valence electrons. The number of hydrogen-bond donors (Lipinski definition) is 0. The van der Waals surface area contributed by atoms with Gasteiger partial charge in [-0.3, -0.25) is 4.57 Å². The Kier molecular flexibility index (Phi) is 4.49. The molecule has 0 aliphatic carbocycles. The predicted octanol–water partition coefficient (Wildman–Crippen LogP) is 8.67. The van der Waals surface area contributed by atoms with Crippen molar-refractivity contribution in [2.24, 2.45) is 0 Å². The fourth-order valence-corrected chi connectivity index (χ4v) is 5.23. The Morgan fingerprint density at radius 2 is 1.03 bits per heavy atom. The van der Waals surface area contributed by atoms with Crippen LogP contribution in [0, 0.1) is 0 Å². The molecule has 7 aromatic rings. The van der Waals surface area contributed by atoms with Gasteiger partial charge in [-0.25, -0.2) is 4.98 Å². The lowest BCUT2D eigenvalue weighted by Gasteiger charge is -2.15. The quantitative estimate of drug-likeness (QED) is 0.265. The topological polar surface area (TPSA) is 17.8 Å². The molecule has 2 heteroatoms. The van der Waals surface area contributed by atoms with Gasteiger partial charge >= 0.3 is 0 Å². The molecular weight excluding hydrogens is 424 g/mol. The SMILES string of the molecule is c1ccc(-n2c(-c3ccc(-c4cccc5ccccc45)c4ccccc34)nc3ccccc32)cc1. The van der Waals surface area contributed by atoms with E-state index in [1.165, 1.54) is 32.7 Å². The van der Waals surface area contributed by atoms with Gasteiger partial charge in [-0.1, -0.05) is 103 Å². The van der Waals surface area contributed by atoms with Gasteiger partial charge in [0.2, 0.25) is 0 Å². The summed E-state index contributed by atoms with van der Waals surface area (Å²) in [5, 5.41) is 4.95. The minimum atomic E-state index is 0.957. The Hall–Kier alpha value is -4.69. The molecule has 2 nitrogen and oxygen atoms in total. The number of hydrogen-bond acceptors (Lipinski definition) is 1. The lowest BCUT2D eigenvalue weighted by atomic mass is 9.92. The Labute approximate surface area is 203 Å². The summed E-state index contributed by atoms with van der Waals surface area (Å²) in [5.74, 6) is 0.957. The van der Waals surface area contributed by atoms with E-state index in [4.69, 9.17) is 4.98 Å². The van der Waals surface area contributed by atoms with Gasteiger partial charge in [0, 0.05) is 11.3 Å². The van der Waals surface area contributed by atoms with Crippen molar-refractivity contribution in [1.29, 1.82) is 0 Å². The minimum absolute atomic E-state index is 0.957. The summed E-state index contributed by atoms with van der Waals surface area (Å²) in [6.07, 6.45) is 0. The molecule has 0 fully saturated rings. The molecule has 0 N–H and O–H groups in total. The average molecular weight is 447 g/mol. The molecule has 1 heterocycles. The van der Waals surface area contributed by atoms with Crippen molar-refractivity contribution in [3.63, 3.8) is 0 Å². The Bertz CT molecular complexity index is 1840. The zero-order chi connectivity index (χ0) is 23.2. The van der Waals surface area contributed by atoms with Crippen molar-refractivity contribution >= 4 is 32.6 Å². The summed E-state index contributed by atoms with van der Waals surface area (Å²) in [4.78, 5) is 5.12. The van der Waals surface area contributed by atoms with Crippen molar-refractivity contribution < 1.29 is 0 Å². The van der Waals surface area contributed by atoms with E-state index in [2.05, 4.69) is 138 Å². The molecule has 0 spiro atoms. The van der Waals surface area contributed by atoms with E-state index in [1.54, 1.807) is 0 Å². The number of benzene rings is 6. The van der Waals surface area contributed by atoms with Gasteiger partial charge in [-0.05, 0) is 63.0 Å². The first-order chi connectivity index (χ1) is 17.4. The maximum Gasteiger partial charge on any atom is 0.146 e. The van der Waals surface area contributed by atoms with Crippen LogP contribution in [-0.2, 0) is 0 Å². The number of para-hydroxylation sites is 3. The van der Waals surface area contributed by atoms with Crippen LogP contribution in [0.5, 0.6) is 0 Å². The maximum atomic E-state index is 5.12. The van der Waals surface area contributed by atoms with Crippen molar-refractivity contribution in [3.8, 4) is 28.2 Å². The van der Waals surface area contributed by atoms with Crippen LogP contribution < -0.4 is 0 Å². The number of nitrogens with zero attached hydrogens (tertiary/aromatic N) is 2. The fourth-order valence-electron chi connectivity index (χ4n) is 5.23. The normalized spacial score (nSPS) is 11.4. The molecule has 0 saturated heterocycles. The molecule has 0 aliphatic heterocycles. The highest BCUT2D eigenvalue weighted by Crippen LogP contribution is 2.39. The van der Waals surface area contributed by atoms with E-state index >= 15 is 0 Å². The zero-order valence-corrected chi connectivity index (χ0v) is 19.1. The molecule has 6 aromatic carbocycles. The van der Waals surface area contributed by atoms with E-state index in [-0.39, 0.29) is 0 Å². The first kappa shape index (κ1) is 19.7. The second-order valence-corrected chi connectivity index (χ2v) is 8.83. The van der Waals surface area contributed by atoms with E-state index < -0.39 is 0 Å². The largest absolute Gasteiger partial charge is 0.292 e. The molecule has 1 aromatic heterocycles. The maximum absolute atomic E-state index is 5.12. The average Bonchev–Trinajstić information content (AvgIpc) is 3.32. The highest BCUT2D eigenvalue weighted by molar-refractivity contribution is 6.09. The summed E-state index contributed by atoms with van der Waals surface area (Å²) < 4.78 is 2.27. The molecule has 0 unspecified atom stereocenters. The second kappa shape index (κ2) is 7.96. The highest BCUT2D eigenvalue weighted by atomic mass is 15.1. The van der Waals surface area contributed by atoms with Crippen LogP contribution in [0.25, 0.3) is 60.8 Å². The van der Waals surface area contributed by atoms with Gasteiger partial charge in [0.1, 0.15) is 5.82 Å². The van der Waals surface area contributed by atoms with Crippen LogP contribution in [0.4, 0.5) is 0 Å². The summed E-state index contributed by atoms with van der Waals surface area (Å²) in [6, 6.07) is 47.2. The predicted molar refractivity (Wildman–Crippen MR) is 147 cm³/mol. The minimum Gasteiger partial charge on any atom is -0.292 e. The molecule has 7 rings (SSSR count). The molecule has 35 heavy (non-hydrogen) atoms. The van der Waals surface area contributed by atoms with Gasteiger partial charge in [0.25, 0.3) is 0 Å². The second-order valence-electron chi connectivity index (χ2n) is 8.83. The Morgan fingerprint density at radius 3 is 1.89 bits per heavy atom. The Morgan fingerprint density at radius 1 is 0.429 bits per heavy atom. The number of rotatable bonds is 3. The molecule has 0 amide bonds. The summed E-state index contributed by atoms with van der Waals surface area (Å²) in [7, 11) is 0. The van der Waals surface area contributed by atoms with E-state index in [9.17, 15) is 0 Å². The van der Waals surface area contributed by atoms with Gasteiger partial charge in [0.15, 0.2) is 0 Å². The lowest BCUT2D eigenvalue weighted by molar-refractivity contribution is 1.11. The van der Waals surface area contributed by atoms with Crippen LogP contribution in [0.2, 0.25) is 0 Å². The van der Waals surface area contributed by atoms with Crippen molar-refractivity contribution in [2.45, 2.75) is 0 Å². The molecule has 0 saturated carbocycles. The monoisotopic (exact) mass is 446 g/mol. The number of aromatic nitrogens is 2. The summed E-state index contributed by atoms with van der Waals surface area (Å²) >= 11 is 0. The highest BCUT2D eigenvalue weighted by Gasteiger charge is 2.18. The van der Waals surface area contributed by atoms with Crippen molar-refractivity contribution in [2.75, 3.05) is 0 Å². The van der Waals surface area contributed by atoms with E-state index in [0.29, 0.717) is 0 Å². The third-order valence-corrected chi connectivity index (χ3v) is 6.82. The van der Waals surface area contributed by atoms with Gasteiger partial charge in [-0.15, -0.1) is 0 Å². The molecule has 0 atom stereocenters. The molecular formula is C33H22N2. The van der Waals surface area contributed by atoms with Gasteiger partial charge < -0.3 is 0 Å². The molecule has 0 aliphatic rings. The third kappa shape index (κ3) is 3.15.